The van der Waals surface area contributed by atoms with Gasteiger partial charge in [0.1, 0.15) is 0 Å². The van der Waals surface area contributed by atoms with Crippen LogP contribution in [0.15, 0.2) is 24.3 Å². The number of nitriles is 1. The average molecular weight is 311 g/mol. The lowest BCUT2D eigenvalue weighted by atomic mass is 9.88. The van der Waals surface area contributed by atoms with Crippen molar-refractivity contribution in [2.45, 2.75) is 38.6 Å². The summed E-state index contributed by atoms with van der Waals surface area (Å²) in [5.74, 6) is 0.677. The van der Waals surface area contributed by atoms with Crippen LogP contribution in [0.4, 0.5) is 0 Å². The molecule has 0 spiro atoms. The van der Waals surface area contributed by atoms with Crippen LogP contribution in [0.25, 0.3) is 0 Å². The molecule has 2 aliphatic rings. The van der Waals surface area contributed by atoms with Crippen molar-refractivity contribution in [2.75, 3.05) is 26.2 Å². The molecule has 0 aromatic heterocycles. The molecule has 1 heterocycles. The minimum Gasteiger partial charge on any atom is -0.340 e. The Kier molecular flexibility index (Phi) is 5.30. The second-order valence-electron chi connectivity index (χ2n) is 6.75. The van der Waals surface area contributed by atoms with Crippen LogP contribution in [0.2, 0.25) is 0 Å². The summed E-state index contributed by atoms with van der Waals surface area (Å²) in [4.78, 5) is 17.0. The molecule has 1 amide bonds. The molecule has 2 fully saturated rings. The molecule has 1 saturated heterocycles. The van der Waals surface area contributed by atoms with Crippen molar-refractivity contribution in [1.82, 2.24) is 9.80 Å². The molecule has 4 nitrogen and oxygen atoms in total. The number of piperazine rings is 1. The van der Waals surface area contributed by atoms with Gasteiger partial charge in [0.15, 0.2) is 0 Å². The molecule has 4 heteroatoms. The first-order chi connectivity index (χ1) is 11.3. The highest BCUT2D eigenvalue weighted by molar-refractivity contribution is 5.79. The molecular formula is C19H25N3O. The van der Waals surface area contributed by atoms with E-state index in [-0.39, 0.29) is 5.92 Å². The van der Waals surface area contributed by atoms with Crippen molar-refractivity contribution >= 4 is 5.91 Å². The molecule has 0 atom stereocenters. The van der Waals surface area contributed by atoms with Gasteiger partial charge in [0.25, 0.3) is 0 Å². The molecule has 23 heavy (non-hydrogen) atoms. The van der Waals surface area contributed by atoms with Gasteiger partial charge in [0, 0.05) is 38.6 Å². The van der Waals surface area contributed by atoms with E-state index in [1.807, 2.05) is 24.3 Å². The third-order valence-corrected chi connectivity index (χ3v) is 5.13. The van der Waals surface area contributed by atoms with Crippen molar-refractivity contribution < 1.29 is 4.79 Å². The van der Waals surface area contributed by atoms with Crippen LogP contribution in [0.3, 0.4) is 0 Å². The monoisotopic (exact) mass is 311 g/mol. The predicted molar refractivity (Wildman–Crippen MR) is 89.6 cm³/mol. The minimum atomic E-state index is 0.286. The number of nitrogens with zero attached hydrogens (tertiary/aromatic N) is 3. The number of hydrogen-bond acceptors (Lipinski definition) is 3. The summed E-state index contributed by atoms with van der Waals surface area (Å²) in [5.41, 5.74) is 1.94. The Hall–Kier alpha value is -1.86. The highest BCUT2D eigenvalue weighted by Gasteiger charge is 2.28. The predicted octanol–water partition coefficient (Wildman–Crippen LogP) is 2.78. The molecule has 0 N–H and O–H groups in total. The summed E-state index contributed by atoms with van der Waals surface area (Å²) in [6.07, 6.45) is 5.90. The smallest absolute Gasteiger partial charge is 0.225 e. The maximum atomic E-state index is 12.6. The normalized spacial score (nSPS) is 20.2. The number of hydrogen-bond donors (Lipinski definition) is 0. The summed E-state index contributed by atoms with van der Waals surface area (Å²) in [6, 6.07) is 9.95. The lowest BCUT2D eigenvalue weighted by Gasteiger charge is -2.37. The molecule has 0 unspecified atom stereocenters. The van der Waals surface area contributed by atoms with E-state index in [9.17, 15) is 4.79 Å². The first kappa shape index (κ1) is 16.0. The van der Waals surface area contributed by atoms with Gasteiger partial charge < -0.3 is 4.90 Å². The summed E-state index contributed by atoms with van der Waals surface area (Å²) >= 11 is 0. The molecule has 122 valence electrons. The molecule has 1 aliphatic heterocycles. The van der Waals surface area contributed by atoms with Gasteiger partial charge in [0.05, 0.1) is 11.6 Å². The van der Waals surface area contributed by atoms with Gasteiger partial charge in [-0.1, -0.05) is 31.4 Å². The molecule has 3 rings (SSSR count). The first-order valence-corrected chi connectivity index (χ1v) is 8.76. The largest absolute Gasteiger partial charge is 0.340 e. The van der Waals surface area contributed by atoms with Gasteiger partial charge >= 0.3 is 0 Å². The maximum absolute atomic E-state index is 12.6. The van der Waals surface area contributed by atoms with Crippen LogP contribution >= 0.6 is 0 Å². The lowest BCUT2D eigenvalue weighted by Crippen LogP contribution is -2.50. The van der Waals surface area contributed by atoms with Crippen LogP contribution in [0, 0.1) is 17.2 Å². The van der Waals surface area contributed by atoms with Gasteiger partial charge in [0.2, 0.25) is 5.91 Å². The molecule has 1 aliphatic carbocycles. The zero-order valence-corrected chi connectivity index (χ0v) is 13.7. The Morgan fingerprint density at radius 3 is 2.30 bits per heavy atom. The van der Waals surface area contributed by atoms with Gasteiger partial charge in [-0.3, -0.25) is 9.69 Å². The Bertz CT molecular complexity index is 561. The molecule has 1 aromatic rings. The van der Waals surface area contributed by atoms with Crippen molar-refractivity contribution in [3.8, 4) is 6.07 Å². The van der Waals surface area contributed by atoms with Gasteiger partial charge in [-0.05, 0) is 30.5 Å². The SMILES string of the molecule is N#Cc1ccc(CN2CCN(C(=O)C3CCCCC3)CC2)cc1. The maximum Gasteiger partial charge on any atom is 0.225 e. The first-order valence-electron chi connectivity index (χ1n) is 8.76. The second kappa shape index (κ2) is 7.61. The zero-order chi connectivity index (χ0) is 16.1. The van der Waals surface area contributed by atoms with Crippen molar-refractivity contribution in [3.63, 3.8) is 0 Å². The Morgan fingerprint density at radius 1 is 1.04 bits per heavy atom. The molecule has 0 bridgehead atoms. The van der Waals surface area contributed by atoms with E-state index in [1.54, 1.807) is 0 Å². The van der Waals surface area contributed by atoms with Crippen molar-refractivity contribution in [2.24, 2.45) is 5.92 Å². The fraction of sp³-hybridized carbons (Fsp3) is 0.579. The van der Waals surface area contributed by atoms with E-state index < -0.39 is 0 Å². The summed E-state index contributed by atoms with van der Waals surface area (Å²) < 4.78 is 0. The zero-order valence-electron chi connectivity index (χ0n) is 13.7. The second-order valence-corrected chi connectivity index (χ2v) is 6.75. The number of carbonyl (C=O) groups excluding carboxylic acids is 1. The van der Waals surface area contributed by atoms with E-state index in [0.29, 0.717) is 11.5 Å². The highest BCUT2D eigenvalue weighted by Crippen LogP contribution is 2.26. The van der Waals surface area contributed by atoms with E-state index in [2.05, 4.69) is 15.9 Å². The lowest BCUT2D eigenvalue weighted by molar-refractivity contribution is -0.138. The third kappa shape index (κ3) is 4.11. The number of amides is 1. The quantitative estimate of drug-likeness (QED) is 0.862. The van der Waals surface area contributed by atoms with Crippen LogP contribution < -0.4 is 0 Å². The number of rotatable bonds is 3. The summed E-state index contributed by atoms with van der Waals surface area (Å²) in [7, 11) is 0. The third-order valence-electron chi connectivity index (χ3n) is 5.13. The van der Waals surface area contributed by atoms with E-state index in [1.165, 1.54) is 24.8 Å². The molecule has 1 aromatic carbocycles. The standard InChI is InChI=1S/C19H25N3O/c20-14-16-6-8-17(9-7-16)15-21-10-12-22(13-11-21)19(23)18-4-2-1-3-5-18/h6-9,18H,1-5,10-13,15H2. The molecular weight excluding hydrogens is 286 g/mol. The van der Waals surface area contributed by atoms with Gasteiger partial charge in [-0.2, -0.15) is 5.26 Å². The number of benzene rings is 1. The topological polar surface area (TPSA) is 47.3 Å². The van der Waals surface area contributed by atoms with Gasteiger partial charge in [-0.15, -0.1) is 0 Å². The Labute approximate surface area is 138 Å². The van der Waals surface area contributed by atoms with Gasteiger partial charge in [-0.25, -0.2) is 0 Å². The summed E-state index contributed by atoms with van der Waals surface area (Å²) in [5, 5.41) is 8.84. The van der Waals surface area contributed by atoms with Crippen LogP contribution in [-0.2, 0) is 11.3 Å². The van der Waals surface area contributed by atoms with Crippen LogP contribution in [-0.4, -0.2) is 41.9 Å². The van der Waals surface area contributed by atoms with E-state index >= 15 is 0 Å². The van der Waals surface area contributed by atoms with Crippen molar-refractivity contribution in [3.05, 3.63) is 35.4 Å². The fourth-order valence-electron chi connectivity index (χ4n) is 3.68. The van der Waals surface area contributed by atoms with Crippen LogP contribution in [0.1, 0.15) is 43.2 Å². The average Bonchev–Trinajstić information content (AvgIpc) is 2.63. The summed E-state index contributed by atoms with van der Waals surface area (Å²) in [6.45, 7) is 4.49. The molecule has 0 radical (unpaired) electrons. The van der Waals surface area contributed by atoms with Crippen molar-refractivity contribution in [1.29, 1.82) is 5.26 Å². The fourth-order valence-corrected chi connectivity index (χ4v) is 3.68. The number of carbonyl (C=O) groups is 1. The minimum absolute atomic E-state index is 0.286. The Morgan fingerprint density at radius 2 is 1.70 bits per heavy atom. The van der Waals surface area contributed by atoms with E-state index in [0.717, 1.165) is 45.6 Å². The van der Waals surface area contributed by atoms with Crippen LogP contribution in [0.5, 0.6) is 0 Å². The highest BCUT2D eigenvalue weighted by atomic mass is 16.2. The molecule has 1 saturated carbocycles. The Balaban J connectivity index is 1.47. The van der Waals surface area contributed by atoms with E-state index in [4.69, 9.17) is 5.26 Å².